The van der Waals surface area contributed by atoms with Crippen LogP contribution in [0.3, 0.4) is 0 Å². The van der Waals surface area contributed by atoms with Gasteiger partial charge in [-0.2, -0.15) is 0 Å². The molecule has 0 amide bonds. The number of hydrogen-bond donors (Lipinski definition) is 1. The minimum Gasteiger partial charge on any atom is -0.405 e. The van der Waals surface area contributed by atoms with Crippen LogP contribution in [-0.4, -0.2) is 12.4 Å². The van der Waals surface area contributed by atoms with Gasteiger partial charge in [0.1, 0.15) is 5.75 Å². The van der Waals surface area contributed by atoms with Crippen molar-refractivity contribution in [2.45, 2.75) is 52.1 Å². The van der Waals surface area contributed by atoms with Gasteiger partial charge in [0, 0.05) is 18.2 Å². The van der Waals surface area contributed by atoms with Crippen molar-refractivity contribution >= 4 is 0 Å². The third-order valence-corrected chi connectivity index (χ3v) is 4.50. The Labute approximate surface area is 123 Å². The lowest BCUT2D eigenvalue weighted by molar-refractivity contribution is -0.274. The zero-order chi connectivity index (χ0) is 15.5. The second-order valence-electron chi connectivity index (χ2n) is 5.75. The van der Waals surface area contributed by atoms with Crippen molar-refractivity contribution in [1.82, 2.24) is 5.32 Å². The first-order chi connectivity index (χ1) is 9.90. The fourth-order valence-electron chi connectivity index (χ4n) is 3.23. The first kappa shape index (κ1) is 16.1. The number of alkyl halides is 3. The summed E-state index contributed by atoms with van der Waals surface area (Å²) in [6.07, 6.45) is -1.21. The van der Waals surface area contributed by atoms with Gasteiger partial charge in [-0.25, -0.2) is 0 Å². The Morgan fingerprint density at radius 1 is 1.24 bits per heavy atom. The van der Waals surface area contributed by atoms with Crippen LogP contribution in [0.15, 0.2) is 24.3 Å². The molecule has 2 rings (SSSR count). The summed E-state index contributed by atoms with van der Waals surface area (Å²) in [6.45, 7) is 4.81. The zero-order valence-electron chi connectivity index (χ0n) is 12.4. The average Bonchev–Trinajstić information content (AvgIpc) is 2.77. The molecule has 21 heavy (non-hydrogen) atoms. The molecule has 1 N–H and O–H groups in total. The summed E-state index contributed by atoms with van der Waals surface area (Å²) in [6, 6.07) is 6.68. The van der Waals surface area contributed by atoms with Crippen molar-refractivity contribution < 1.29 is 17.9 Å². The van der Waals surface area contributed by atoms with Crippen LogP contribution in [0.1, 0.15) is 38.7 Å². The van der Waals surface area contributed by atoms with E-state index >= 15 is 0 Å². The molecule has 1 aliphatic carbocycles. The van der Waals surface area contributed by atoms with E-state index in [9.17, 15) is 13.2 Å². The van der Waals surface area contributed by atoms with E-state index in [-0.39, 0.29) is 5.75 Å². The minimum absolute atomic E-state index is 0.116. The molecule has 3 unspecified atom stereocenters. The molecule has 1 aliphatic rings. The molecule has 3 atom stereocenters. The maximum Gasteiger partial charge on any atom is 0.573 e. The maximum absolute atomic E-state index is 12.4. The Balaban J connectivity index is 1.97. The highest BCUT2D eigenvalue weighted by Gasteiger charge is 2.33. The predicted octanol–water partition coefficient (Wildman–Crippen LogP) is 4.50. The van der Waals surface area contributed by atoms with Crippen LogP contribution in [0, 0.1) is 11.8 Å². The van der Waals surface area contributed by atoms with Crippen molar-refractivity contribution in [2.75, 3.05) is 0 Å². The standard InChI is InChI=1S/C16H22F3NO/c1-3-12-8-9-14(11(12)2)20-10-13-6-4-5-7-15(13)21-16(17,18)19/h4-7,11-12,14,20H,3,8-10H2,1-2H3. The molecule has 0 radical (unpaired) electrons. The highest BCUT2D eigenvalue weighted by atomic mass is 19.4. The summed E-state index contributed by atoms with van der Waals surface area (Å²) in [5, 5.41) is 3.39. The van der Waals surface area contributed by atoms with Crippen LogP contribution < -0.4 is 10.1 Å². The van der Waals surface area contributed by atoms with E-state index in [2.05, 4.69) is 23.9 Å². The summed E-state index contributed by atoms with van der Waals surface area (Å²) in [5.41, 5.74) is 0.543. The van der Waals surface area contributed by atoms with E-state index in [1.165, 1.54) is 12.5 Å². The van der Waals surface area contributed by atoms with Crippen molar-refractivity contribution in [3.05, 3.63) is 29.8 Å². The number of para-hydroxylation sites is 1. The molecule has 0 spiro atoms. The van der Waals surface area contributed by atoms with Gasteiger partial charge in [-0.1, -0.05) is 38.5 Å². The lowest BCUT2D eigenvalue weighted by Gasteiger charge is -2.22. The molecule has 2 nitrogen and oxygen atoms in total. The third kappa shape index (κ3) is 4.37. The Kier molecular flexibility index (Phi) is 5.14. The van der Waals surface area contributed by atoms with E-state index in [1.807, 2.05) is 0 Å². The van der Waals surface area contributed by atoms with Gasteiger partial charge in [-0.05, 0) is 30.7 Å². The molecule has 0 bridgehead atoms. The van der Waals surface area contributed by atoms with E-state index in [4.69, 9.17) is 0 Å². The molecule has 0 heterocycles. The number of ether oxygens (including phenoxy) is 1. The number of rotatable bonds is 5. The number of hydrogen-bond acceptors (Lipinski definition) is 2. The van der Waals surface area contributed by atoms with Crippen molar-refractivity contribution in [2.24, 2.45) is 11.8 Å². The Hall–Kier alpha value is -1.23. The molecule has 1 aromatic carbocycles. The fourth-order valence-corrected chi connectivity index (χ4v) is 3.23. The van der Waals surface area contributed by atoms with Gasteiger partial charge in [0.15, 0.2) is 0 Å². The van der Waals surface area contributed by atoms with Gasteiger partial charge < -0.3 is 10.1 Å². The highest BCUT2D eigenvalue weighted by Crippen LogP contribution is 2.34. The van der Waals surface area contributed by atoms with E-state index in [0.29, 0.717) is 30.0 Å². The van der Waals surface area contributed by atoms with Crippen LogP contribution in [0.5, 0.6) is 5.75 Å². The molecule has 0 saturated heterocycles. The first-order valence-electron chi connectivity index (χ1n) is 7.47. The van der Waals surface area contributed by atoms with Gasteiger partial charge >= 0.3 is 6.36 Å². The zero-order valence-corrected chi connectivity index (χ0v) is 12.4. The summed E-state index contributed by atoms with van der Waals surface area (Å²) in [5.74, 6) is 1.16. The van der Waals surface area contributed by atoms with Gasteiger partial charge in [0.25, 0.3) is 0 Å². The van der Waals surface area contributed by atoms with Crippen LogP contribution in [-0.2, 0) is 6.54 Å². The average molecular weight is 301 g/mol. The van der Waals surface area contributed by atoms with E-state index in [1.54, 1.807) is 18.2 Å². The summed E-state index contributed by atoms with van der Waals surface area (Å²) in [7, 11) is 0. The molecule has 1 aromatic rings. The third-order valence-electron chi connectivity index (χ3n) is 4.50. The van der Waals surface area contributed by atoms with Crippen molar-refractivity contribution in [1.29, 1.82) is 0 Å². The molecule has 0 aliphatic heterocycles. The van der Waals surface area contributed by atoms with Crippen molar-refractivity contribution in [3.63, 3.8) is 0 Å². The van der Waals surface area contributed by atoms with E-state index < -0.39 is 6.36 Å². The monoisotopic (exact) mass is 301 g/mol. The maximum atomic E-state index is 12.4. The largest absolute Gasteiger partial charge is 0.573 e. The fraction of sp³-hybridized carbons (Fsp3) is 0.625. The van der Waals surface area contributed by atoms with Crippen LogP contribution >= 0.6 is 0 Å². The van der Waals surface area contributed by atoms with Gasteiger partial charge in [-0.3, -0.25) is 0 Å². The topological polar surface area (TPSA) is 21.3 Å². The van der Waals surface area contributed by atoms with Crippen LogP contribution in [0.25, 0.3) is 0 Å². The molecular weight excluding hydrogens is 279 g/mol. The quantitative estimate of drug-likeness (QED) is 0.864. The Bertz CT molecular complexity index is 461. The SMILES string of the molecule is CCC1CCC(NCc2ccccc2OC(F)(F)F)C1C. The van der Waals surface area contributed by atoms with Crippen LogP contribution in [0.4, 0.5) is 13.2 Å². The first-order valence-corrected chi connectivity index (χ1v) is 7.47. The summed E-state index contributed by atoms with van der Waals surface area (Å²) < 4.78 is 41.2. The smallest absolute Gasteiger partial charge is 0.405 e. The van der Waals surface area contributed by atoms with Crippen LogP contribution in [0.2, 0.25) is 0 Å². The number of benzene rings is 1. The van der Waals surface area contributed by atoms with Gasteiger partial charge in [0.05, 0.1) is 0 Å². The molecular formula is C16H22F3NO. The minimum atomic E-state index is -4.65. The van der Waals surface area contributed by atoms with Crippen molar-refractivity contribution in [3.8, 4) is 5.75 Å². The number of halogens is 3. The summed E-state index contributed by atoms with van der Waals surface area (Å²) in [4.78, 5) is 0. The lowest BCUT2D eigenvalue weighted by atomic mass is 9.93. The van der Waals surface area contributed by atoms with Gasteiger partial charge in [-0.15, -0.1) is 13.2 Å². The second-order valence-corrected chi connectivity index (χ2v) is 5.75. The number of nitrogens with one attached hydrogen (secondary N) is 1. The predicted molar refractivity (Wildman–Crippen MR) is 75.9 cm³/mol. The van der Waals surface area contributed by atoms with Gasteiger partial charge in [0.2, 0.25) is 0 Å². The Morgan fingerprint density at radius 3 is 2.57 bits per heavy atom. The molecule has 118 valence electrons. The molecule has 5 heteroatoms. The Morgan fingerprint density at radius 2 is 1.95 bits per heavy atom. The molecule has 1 fully saturated rings. The lowest BCUT2D eigenvalue weighted by Crippen LogP contribution is -2.32. The normalized spacial score (nSPS) is 26.0. The second kappa shape index (κ2) is 6.69. The molecule has 1 saturated carbocycles. The van der Waals surface area contributed by atoms with E-state index in [0.717, 1.165) is 12.8 Å². The highest BCUT2D eigenvalue weighted by molar-refractivity contribution is 5.33. The molecule has 0 aromatic heterocycles. The summed E-state index contributed by atoms with van der Waals surface area (Å²) >= 11 is 0.